The van der Waals surface area contributed by atoms with E-state index in [4.69, 9.17) is 19.2 Å². The average Bonchev–Trinajstić information content (AvgIpc) is 3.33. The lowest BCUT2D eigenvalue weighted by Crippen LogP contribution is -2.28. The second-order valence-corrected chi connectivity index (χ2v) is 8.63. The summed E-state index contributed by atoms with van der Waals surface area (Å²) in [5.41, 5.74) is 2.64. The van der Waals surface area contributed by atoms with E-state index in [1.807, 2.05) is 55.2 Å². The third kappa shape index (κ3) is 5.75. The van der Waals surface area contributed by atoms with Crippen LogP contribution in [0.15, 0.2) is 54.9 Å². The predicted molar refractivity (Wildman–Crippen MR) is 144 cm³/mol. The fourth-order valence-corrected chi connectivity index (χ4v) is 4.02. The summed E-state index contributed by atoms with van der Waals surface area (Å²) in [6.07, 6.45) is 4.50. The summed E-state index contributed by atoms with van der Waals surface area (Å²) in [4.78, 5) is 24.3. The van der Waals surface area contributed by atoms with Crippen molar-refractivity contribution in [2.45, 2.75) is 6.42 Å². The van der Waals surface area contributed by atoms with E-state index >= 15 is 0 Å². The van der Waals surface area contributed by atoms with Gasteiger partial charge in [0.2, 0.25) is 11.7 Å². The molecule has 2 N–H and O–H groups in total. The zero-order chi connectivity index (χ0) is 26.4. The van der Waals surface area contributed by atoms with Crippen LogP contribution in [0, 0.1) is 0 Å². The molecule has 2 aromatic heterocycles. The second kappa shape index (κ2) is 11.6. The van der Waals surface area contributed by atoms with Crippen molar-refractivity contribution < 1.29 is 19.0 Å². The van der Waals surface area contributed by atoms with Gasteiger partial charge in [0.1, 0.15) is 5.65 Å². The Morgan fingerprint density at radius 1 is 1.03 bits per heavy atom. The first-order valence-corrected chi connectivity index (χ1v) is 11.9. The van der Waals surface area contributed by atoms with Crippen molar-refractivity contribution >= 4 is 28.6 Å². The molecule has 2 heterocycles. The van der Waals surface area contributed by atoms with Crippen LogP contribution in [0.1, 0.15) is 16.8 Å². The fraction of sp³-hybridized carbons (Fsp3) is 0.296. The molecule has 0 bridgehead atoms. The Morgan fingerprint density at radius 2 is 1.76 bits per heavy atom. The number of para-hydroxylation sites is 1. The topological polar surface area (TPSA) is 103 Å². The van der Waals surface area contributed by atoms with E-state index in [1.54, 1.807) is 39.7 Å². The summed E-state index contributed by atoms with van der Waals surface area (Å²) in [5, 5.41) is 7.08. The van der Waals surface area contributed by atoms with Crippen LogP contribution in [0.2, 0.25) is 0 Å². The van der Waals surface area contributed by atoms with Crippen LogP contribution in [0.3, 0.4) is 0 Å². The largest absolute Gasteiger partial charge is 0.493 e. The van der Waals surface area contributed by atoms with Crippen molar-refractivity contribution in [1.29, 1.82) is 0 Å². The lowest BCUT2D eigenvalue weighted by atomic mass is 10.1. The van der Waals surface area contributed by atoms with E-state index in [1.165, 1.54) is 0 Å². The molecule has 10 nitrogen and oxygen atoms in total. The van der Waals surface area contributed by atoms with Gasteiger partial charge in [-0.15, -0.1) is 0 Å². The van der Waals surface area contributed by atoms with E-state index < -0.39 is 0 Å². The third-order valence-corrected chi connectivity index (χ3v) is 5.82. The number of anilines is 2. The lowest BCUT2D eigenvalue weighted by Gasteiger charge is -2.15. The third-order valence-electron chi connectivity index (χ3n) is 5.82. The smallest absolute Gasteiger partial charge is 0.253 e. The molecule has 0 aliphatic carbocycles. The monoisotopic (exact) mass is 504 g/mol. The molecule has 0 aliphatic heterocycles. The molecular formula is C27H32N6O4. The molecule has 0 radical (unpaired) electrons. The molecule has 0 atom stereocenters. The first-order chi connectivity index (χ1) is 17.9. The molecular weight excluding hydrogens is 472 g/mol. The van der Waals surface area contributed by atoms with Gasteiger partial charge in [0.25, 0.3) is 5.91 Å². The lowest BCUT2D eigenvalue weighted by molar-refractivity contribution is 0.0952. The Bertz CT molecular complexity index is 1360. The van der Waals surface area contributed by atoms with Crippen molar-refractivity contribution in [2.24, 2.45) is 0 Å². The van der Waals surface area contributed by atoms with Gasteiger partial charge in [0.15, 0.2) is 11.5 Å². The number of methoxy groups -OCH3 is 3. The molecule has 0 saturated heterocycles. The number of carbonyl (C=O) groups is 1. The number of benzene rings is 2. The number of hydrogen-bond donors (Lipinski definition) is 2. The highest BCUT2D eigenvalue weighted by Crippen LogP contribution is 2.40. The van der Waals surface area contributed by atoms with Crippen LogP contribution < -0.4 is 24.8 Å². The molecule has 37 heavy (non-hydrogen) atoms. The van der Waals surface area contributed by atoms with Gasteiger partial charge in [0, 0.05) is 42.1 Å². The molecule has 4 rings (SSSR count). The SMILES string of the molecule is COc1cc(Nc2ncc3ccn(-c4ccccc4C(=O)NCCCN(C)C)c3n2)cc(OC)c1OC. The first-order valence-electron chi connectivity index (χ1n) is 11.9. The van der Waals surface area contributed by atoms with Crippen LogP contribution in [0.5, 0.6) is 17.2 Å². The van der Waals surface area contributed by atoms with Crippen LogP contribution in [0.4, 0.5) is 11.6 Å². The van der Waals surface area contributed by atoms with Gasteiger partial charge in [-0.1, -0.05) is 12.1 Å². The molecule has 0 fully saturated rings. The second-order valence-electron chi connectivity index (χ2n) is 8.63. The van der Waals surface area contributed by atoms with E-state index in [2.05, 4.69) is 20.5 Å². The van der Waals surface area contributed by atoms with Gasteiger partial charge in [-0.25, -0.2) is 4.98 Å². The van der Waals surface area contributed by atoms with Crippen molar-refractivity contribution in [3.63, 3.8) is 0 Å². The summed E-state index contributed by atoms with van der Waals surface area (Å²) < 4.78 is 18.2. The minimum atomic E-state index is -0.124. The van der Waals surface area contributed by atoms with Gasteiger partial charge in [-0.2, -0.15) is 4.98 Å². The van der Waals surface area contributed by atoms with Gasteiger partial charge in [-0.3, -0.25) is 4.79 Å². The highest BCUT2D eigenvalue weighted by molar-refractivity contribution is 5.98. The molecule has 2 aromatic carbocycles. The Kier molecular flexibility index (Phi) is 8.09. The molecule has 194 valence electrons. The van der Waals surface area contributed by atoms with E-state index in [-0.39, 0.29) is 5.91 Å². The minimum absolute atomic E-state index is 0.124. The van der Waals surface area contributed by atoms with Crippen molar-refractivity contribution in [3.8, 4) is 22.9 Å². The standard InChI is InChI=1S/C27H32N6O4/c1-32(2)13-8-12-28-26(34)20-9-6-7-10-21(20)33-14-11-18-17-29-27(31-25(18)33)30-19-15-22(35-3)24(37-5)23(16-19)36-4/h6-7,9-11,14-17H,8,12-13H2,1-5H3,(H,28,34)(H,29,30,31). The maximum Gasteiger partial charge on any atom is 0.253 e. The Hall–Kier alpha value is -4.31. The molecule has 0 unspecified atom stereocenters. The first kappa shape index (κ1) is 25.8. The summed E-state index contributed by atoms with van der Waals surface area (Å²) >= 11 is 0. The number of nitrogens with one attached hydrogen (secondary N) is 2. The normalized spacial score (nSPS) is 11.0. The fourth-order valence-electron chi connectivity index (χ4n) is 4.02. The maximum absolute atomic E-state index is 13.0. The molecule has 10 heteroatoms. The number of nitrogens with zero attached hydrogens (tertiary/aromatic N) is 4. The van der Waals surface area contributed by atoms with Crippen molar-refractivity contribution in [1.82, 2.24) is 24.8 Å². The van der Waals surface area contributed by atoms with E-state index in [0.29, 0.717) is 46.6 Å². The zero-order valence-corrected chi connectivity index (χ0v) is 21.7. The number of amides is 1. The summed E-state index contributed by atoms with van der Waals surface area (Å²) in [5.74, 6) is 1.78. The highest BCUT2D eigenvalue weighted by Gasteiger charge is 2.17. The average molecular weight is 505 g/mol. The van der Waals surface area contributed by atoms with Crippen molar-refractivity contribution in [3.05, 3.63) is 60.4 Å². The number of fused-ring (bicyclic) bond motifs is 1. The van der Waals surface area contributed by atoms with Crippen LogP contribution in [-0.2, 0) is 0 Å². The summed E-state index contributed by atoms with van der Waals surface area (Å²) in [6.45, 7) is 1.51. The van der Waals surface area contributed by atoms with Crippen LogP contribution in [0.25, 0.3) is 16.7 Å². The van der Waals surface area contributed by atoms with E-state index in [9.17, 15) is 4.79 Å². The van der Waals surface area contributed by atoms with E-state index in [0.717, 1.165) is 24.0 Å². The van der Waals surface area contributed by atoms with Gasteiger partial charge in [0.05, 0.1) is 32.6 Å². The Morgan fingerprint density at radius 3 is 2.43 bits per heavy atom. The number of ether oxygens (including phenoxy) is 3. The van der Waals surface area contributed by atoms with Crippen LogP contribution >= 0.6 is 0 Å². The molecule has 0 spiro atoms. The minimum Gasteiger partial charge on any atom is -0.493 e. The summed E-state index contributed by atoms with van der Waals surface area (Å²) in [6, 6.07) is 13.0. The molecule has 0 aliphatic rings. The number of rotatable bonds is 11. The van der Waals surface area contributed by atoms with Gasteiger partial charge >= 0.3 is 0 Å². The van der Waals surface area contributed by atoms with Gasteiger partial charge in [-0.05, 0) is 45.3 Å². The molecule has 1 amide bonds. The van der Waals surface area contributed by atoms with Crippen molar-refractivity contribution in [2.75, 3.05) is 53.8 Å². The predicted octanol–water partition coefficient (Wildman–Crippen LogP) is 3.87. The molecule has 0 saturated carbocycles. The maximum atomic E-state index is 13.0. The van der Waals surface area contributed by atoms with Crippen LogP contribution in [-0.4, -0.2) is 73.9 Å². The van der Waals surface area contributed by atoms with Gasteiger partial charge < -0.3 is 34.3 Å². The highest BCUT2D eigenvalue weighted by atomic mass is 16.5. The zero-order valence-electron chi connectivity index (χ0n) is 21.7. The summed E-state index contributed by atoms with van der Waals surface area (Å²) in [7, 11) is 8.71. The molecule has 4 aromatic rings. The Labute approximate surface area is 216 Å². The quantitative estimate of drug-likeness (QED) is 0.297. The number of aromatic nitrogens is 3. The number of carbonyl (C=O) groups excluding carboxylic acids is 1. The Balaban J connectivity index is 1.64. The number of hydrogen-bond acceptors (Lipinski definition) is 8.